The van der Waals surface area contributed by atoms with Crippen LogP contribution in [-0.2, 0) is 16.0 Å². The van der Waals surface area contributed by atoms with Gasteiger partial charge in [-0.05, 0) is 24.1 Å². The number of morpholine rings is 1. The second-order valence-corrected chi connectivity index (χ2v) is 4.87. The quantitative estimate of drug-likeness (QED) is 0.907. The molecular formula is C15H19NO4. The Hall–Kier alpha value is -1.88. The van der Waals surface area contributed by atoms with Crippen LogP contribution >= 0.6 is 0 Å². The van der Waals surface area contributed by atoms with Gasteiger partial charge in [-0.1, -0.05) is 25.5 Å². The van der Waals surface area contributed by atoms with Crippen LogP contribution in [-0.4, -0.2) is 47.7 Å². The highest BCUT2D eigenvalue weighted by Gasteiger charge is 2.33. The zero-order valence-corrected chi connectivity index (χ0v) is 11.5. The van der Waals surface area contributed by atoms with Gasteiger partial charge in [-0.2, -0.15) is 0 Å². The lowest BCUT2D eigenvalue weighted by Crippen LogP contribution is -2.52. The Labute approximate surface area is 118 Å². The number of aliphatic carboxylic acids is 1. The van der Waals surface area contributed by atoms with Crippen LogP contribution in [0.4, 0.5) is 0 Å². The summed E-state index contributed by atoms with van der Waals surface area (Å²) in [7, 11) is 0. The summed E-state index contributed by atoms with van der Waals surface area (Å²) in [5.74, 6) is -1.27. The summed E-state index contributed by atoms with van der Waals surface area (Å²) >= 11 is 0. The molecule has 108 valence electrons. The first-order chi connectivity index (χ1) is 9.63. The number of aryl methyl sites for hydroxylation is 1. The zero-order chi connectivity index (χ0) is 14.5. The molecule has 1 atom stereocenters. The monoisotopic (exact) mass is 277 g/mol. The molecule has 2 rings (SSSR count). The molecule has 0 bridgehead atoms. The van der Waals surface area contributed by atoms with Crippen molar-refractivity contribution in [3.8, 4) is 0 Å². The van der Waals surface area contributed by atoms with Crippen LogP contribution in [0.15, 0.2) is 24.3 Å². The topological polar surface area (TPSA) is 66.8 Å². The van der Waals surface area contributed by atoms with E-state index in [-0.39, 0.29) is 12.5 Å². The van der Waals surface area contributed by atoms with Crippen LogP contribution in [0.1, 0.15) is 29.3 Å². The number of carboxylic acids is 1. The van der Waals surface area contributed by atoms with Gasteiger partial charge in [-0.25, -0.2) is 4.79 Å². The van der Waals surface area contributed by atoms with Gasteiger partial charge in [0.05, 0.1) is 13.2 Å². The Morgan fingerprint density at radius 3 is 2.65 bits per heavy atom. The standard InChI is InChI=1S/C15H19NO4/c1-2-3-11-4-6-12(7-5-11)14(17)16-8-9-20-10-13(16)15(18)19/h4-7,13H,2-3,8-10H2,1H3,(H,18,19). The minimum absolute atomic E-state index is 0.0506. The zero-order valence-electron chi connectivity index (χ0n) is 11.5. The molecule has 0 aromatic heterocycles. The van der Waals surface area contributed by atoms with E-state index in [4.69, 9.17) is 9.84 Å². The van der Waals surface area contributed by atoms with Crippen LogP contribution in [0.25, 0.3) is 0 Å². The molecule has 1 heterocycles. The van der Waals surface area contributed by atoms with Gasteiger partial charge in [-0.3, -0.25) is 4.79 Å². The van der Waals surface area contributed by atoms with Crippen molar-refractivity contribution in [3.05, 3.63) is 35.4 Å². The Kier molecular flexibility index (Phi) is 4.74. The highest BCUT2D eigenvalue weighted by Crippen LogP contribution is 2.14. The lowest BCUT2D eigenvalue weighted by molar-refractivity contribution is -0.147. The third kappa shape index (κ3) is 3.17. The lowest BCUT2D eigenvalue weighted by atomic mass is 10.1. The molecule has 0 saturated carbocycles. The van der Waals surface area contributed by atoms with E-state index < -0.39 is 12.0 Å². The minimum atomic E-state index is -1.03. The predicted octanol–water partition coefficient (Wildman–Crippen LogP) is 1.56. The van der Waals surface area contributed by atoms with Gasteiger partial charge in [0.1, 0.15) is 0 Å². The summed E-state index contributed by atoms with van der Waals surface area (Å²) in [5, 5.41) is 9.14. The van der Waals surface area contributed by atoms with Crippen molar-refractivity contribution in [1.29, 1.82) is 0 Å². The van der Waals surface area contributed by atoms with Crippen molar-refractivity contribution in [2.75, 3.05) is 19.8 Å². The first-order valence-electron chi connectivity index (χ1n) is 6.84. The molecule has 1 aliphatic rings. The van der Waals surface area contributed by atoms with Crippen LogP contribution < -0.4 is 0 Å². The number of hydrogen-bond acceptors (Lipinski definition) is 3. The molecular weight excluding hydrogens is 258 g/mol. The second kappa shape index (κ2) is 6.52. The van der Waals surface area contributed by atoms with Gasteiger partial charge in [0, 0.05) is 12.1 Å². The second-order valence-electron chi connectivity index (χ2n) is 4.87. The normalized spacial score (nSPS) is 18.9. The molecule has 0 aliphatic carbocycles. The fourth-order valence-corrected chi connectivity index (χ4v) is 2.32. The smallest absolute Gasteiger partial charge is 0.328 e. The molecule has 1 aromatic rings. The summed E-state index contributed by atoms with van der Waals surface area (Å²) in [4.78, 5) is 24.9. The number of amides is 1. The van der Waals surface area contributed by atoms with Crippen LogP contribution in [0.3, 0.4) is 0 Å². The van der Waals surface area contributed by atoms with Crippen molar-refractivity contribution in [2.24, 2.45) is 0 Å². The van der Waals surface area contributed by atoms with Crippen molar-refractivity contribution >= 4 is 11.9 Å². The summed E-state index contributed by atoms with van der Waals surface area (Å²) in [6, 6.07) is 6.48. The average Bonchev–Trinajstić information content (AvgIpc) is 2.47. The van der Waals surface area contributed by atoms with E-state index in [1.54, 1.807) is 12.1 Å². The molecule has 1 fully saturated rings. The molecule has 1 aliphatic heterocycles. The molecule has 0 spiro atoms. The van der Waals surface area contributed by atoms with E-state index in [1.165, 1.54) is 10.5 Å². The fourth-order valence-electron chi connectivity index (χ4n) is 2.32. The molecule has 1 N–H and O–H groups in total. The van der Waals surface area contributed by atoms with Gasteiger partial charge < -0.3 is 14.7 Å². The Morgan fingerprint density at radius 2 is 2.05 bits per heavy atom. The Morgan fingerprint density at radius 1 is 1.35 bits per heavy atom. The van der Waals surface area contributed by atoms with E-state index >= 15 is 0 Å². The van der Waals surface area contributed by atoms with Gasteiger partial charge in [0.25, 0.3) is 5.91 Å². The van der Waals surface area contributed by atoms with E-state index in [0.717, 1.165) is 12.8 Å². The lowest BCUT2D eigenvalue weighted by Gasteiger charge is -2.32. The molecule has 1 saturated heterocycles. The number of carboxylic acid groups (broad SMARTS) is 1. The number of benzene rings is 1. The first-order valence-corrected chi connectivity index (χ1v) is 6.84. The Balaban J connectivity index is 2.14. The van der Waals surface area contributed by atoms with Gasteiger partial charge in [-0.15, -0.1) is 0 Å². The van der Waals surface area contributed by atoms with E-state index in [1.807, 2.05) is 12.1 Å². The maximum absolute atomic E-state index is 12.4. The van der Waals surface area contributed by atoms with Gasteiger partial charge >= 0.3 is 5.97 Å². The molecule has 5 heteroatoms. The summed E-state index contributed by atoms with van der Waals surface area (Å²) in [5.41, 5.74) is 1.71. The maximum atomic E-state index is 12.4. The number of ether oxygens (including phenoxy) is 1. The molecule has 0 radical (unpaired) electrons. The summed E-state index contributed by atoms with van der Waals surface area (Å²) in [6.07, 6.45) is 2.03. The van der Waals surface area contributed by atoms with Crippen molar-refractivity contribution in [1.82, 2.24) is 4.90 Å². The van der Waals surface area contributed by atoms with E-state index in [0.29, 0.717) is 18.7 Å². The first kappa shape index (κ1) is 14.5. The minimum Gasteiger partial charge on any atom is -0.480 e. The maximum Gasteiger partial charge on any atom is 0.328 e. The number of rotatable bonds is 4. The Bertz CT molecular complexity index is 483. The average molecular weight is 277 g/mol. The van der Waals surface area contributed by atoms with Crippen LogP contribution in [0.2, 0.25) is 0 Å². The van der Waals surface area contributed by atoms with E-state index in [2.05, 4.69) is 6.92 Å². The summed E-state index contributed by atoms with van der Waals surface area (Å²) < 4.78 is 5.14. The van der Waals surface area contributed by atoms with Crippen LogP contribution in [0.5, 0.6) is 0 Å². The third-order valence-electron chi connectivity index (χ3n) is 3.41. The van der Waals surface area contributed by atoms with Crippen molar-refractivity contribution in [2.45, 2.75) is 25.8 Å². The van der Waals surface area contributed by atoms with E-state index in [9.17, 15) is 9.59 Å². The molecule has 20 heavy (non-hydrogen) atoms. The SMILES string of the molecule is CCCc1ccc(C(=O)N2CCOCC2C(=O)O)cc1. The number of carbonyl (C=O) groups excluding carboxylic acids is 1. The van der Waals surface area contributed by atoms with Crippen LogP contribution in [0, 0.1) is 0 Å². The van der Waals surface area contributed by atoms with Gasteiger partial charge in [0.2, 0.25) is 0 Å². The number of carbonyl (C=O) groups is 2. The molecule has 1 aromatic carbocycles. The highest BCUT2D eigenvalue weighted by molar-refractivity contribution is 5.96. The molecule has 1 amide bonds. The molecule has 1 unspecified atom stereocenters. The summed E-state index contributed by atoms with van der Waals surface area (Å²) in [6.45, 7) is 2.84. The van der Waals surface area contributed by atoms with Gasteiger partial charge in [0.15, 0.2) is 6.04 Å². The number of nitrogens with zero attached hydrogens (tertiary/aromatic N) is 1. The third-order valence-corrected chi connectivity index (χ3v) is 3.41. The largest absolute Gasteiger partial charge is 0.480 e. The molecule has 5 nitrogen and oxygen atoms in total. The highest BCUT2D eigenvalue weighted by atomic mass is 16.5. The number of hydrogen-bond donors (Lipinski definition) is 1. The predicted molar refractivity (Wildman–Crippen MR) is 73.7 cm³/mol. The fraction of sp³-hybridized carbons (Fsp3) is 0.467. The van der Waals surface area contributed by atoms with Crippen molar-refractivity contribution in [3.63, 3.8) is 0 Å². The van der Waals surface area contributed by atoms with Crippen molar-refractivity contribution < 1.29 is 19.4 Å².